The largest absolute Gasteiger partial charge is 0.394 e. The highest BCUT2D eigenvalue weighted by Gasteiger charge is 2.60. The normalized spacial score (nSPS) is 49.1. The van der Waals surface area contributed by atoms with Gasteiger partial charge in [0.05, 0.1) is 19.3 Å². The maximum atomic E-state index is 11.4. The van der Waals surface area contributed by atoms with Crippen LogP contribution in [-0.4, -0.2) is 116 Å². The molecule has 0 aromatic carbocycles. The molecule has 2 heterocycles. The molecule has 0 unspecified atom stereocenters. The van der Waals surface area contributed by atoms with Gasteiger partial charge in [0.15, 0.2) is 12.6 Å². The van der Waals surface area contributed by atoms with Crippen LogP contribution >= 0.6 is 0 Å². The molecule has 19 atom stereocenters. The SMILES string of the molecule is CC[C@H](CC[C@@H](C)[C@H]1CC[C@H]2[C@@H]3CC=C4C[C@@H](O[C@@H]5O[C@H](CO)[C@@H](O)[C@H](O[C@H]6O[C@H](CO)[C@@H](O)[C@H](O)[C@H]6O)[C@H]5O)CC[C@]4(C)[C@H]3CC[C@]12C)C(C)C. The number of ether oxygens (including phenoxy) is 4. The average Bonchev–Trinajstić information content (AvgIpc) is 3.48. The number of fused-ring (bicyclic) bond motifs is 5. The Morgan fingerprint density at radius 3 is 2.10 bits per heavy atom. The first-order valence-electron chi connectivity index (χ1n) is 20.6. The van der Waals surface area contributed by atoms with Crippen molar-refractivity contribution in [1.82, 2.24) is 0 Å². The van der Waals surface area contributed by atoms with Crippen molar-refractivity contribution in [1.29, 1.82) is 0 Å². The molecule has 300 valence electrons. The number of hydrogen-bond donors (Lipinski definition) is 7. The minimum absolute atomic E-state index is 0.101. The van der Waals surface area contributed by atoms with Crippen molar-refractivity contribution in [3.05, 3.63) is 11.6 Å². The molecule has 5 fully saturated rings. The molecule has 2 aliphatic heterocycles. The van der Waals surface area contributed by atoms with Crippen LogP contribution in [0.5, 0.6) is 0 Å². The van der Waals surface area contributed by atoms with Gasteiger partial charge in [0.2, 0.25) is 0 Å². The highest BCUT2D eigenvalue weighted by Crippen LogP contribution is 2.67. The second-order valence-corrected chi connectivity index (χ2v) is 18.5. The summed E-state index contributed by atoms with van der Waals surface area (Å²) in [6.07, 6.45) is 0.466. The quantitative estimate of drug-likeness (QED) is 0.145. The maximum absolute atomic E-state index is 11.4. The van der Waals surface area contributed by atoms with Crippen LogP contribution in [0.3, 0.4) is 0 Å². The van der Waals surface area contributed by atoms with Crippen LogP contribution in [-0.2, 0) is 18.9 Å². The summed E-state index contributed by atoms with van der Waals surface area (Å²) in [7, 11) is 0. The van der Waals surface area contributed by atoms with E-state index in [0.717, 1.165) is 48.9 Å². The fourth-order valence-corrected chi connectivity index (χ4v) is 12.3. The Morgan fingerprint density at radius 1 is 0.769 bits per heavy atom. The van der Waals surface area contributed by atoms with Crippen LogP contribution in [0.4, 0.5) is 0 Å². The zero-order chi connectivity index (χ0) is 37.7. The van der Waals surface area contributed by atoms with Gasteiger partial charge in [-0.3, -0.25) is 0 Å². The monoisotopic (exact) mass is 738 g/mol. The van der Waals surface area contributed by atoms with Crippen LogP contribution in [0.15, 0.2) is 11.6 Å². The molecule has 3 saturated carbocycles. The summed E-state index contributed by atoms with van der Waals surface area (Å²) in [5.74, 6) is 5.27. The molecule has 0 amide bonds. The van der Waals surface area contributed by atoms with Gasteiger partial charge in [-0.1, -0.05) is 66.0 Å². The first-order chi connectivity index (χ1) is 24.7. The summed E-state index contributed by atoms with van der Waals surface area (Å²) >= 11 is 0. The van der Waals surface area contributed by atoms with Gasteiger partial charge >= 0.3 is 0 Å². The first-order valence-corrected chi connectivity index (χ1v) is 20.6. The van der Waals surface area contributed by atoms with Crippen molar-refractivity contribution in [2.24, 2.45) is 52.3 Å². The van der Waals surface area contributed by atoms with E-state index in [2.05, 4.69) is 47.6 Å². The number of rotatable bonds is 12. The standard InChI is InChI=1S/C41H70O11/c1-7-23(21(2)3)9-8-22(4)27-12-13-28-26-11-10-24-18-25(14-16-40(24,5)29(26)15-17-41(27,28)6)49-39-36(48)37(33(45)31(20-43)51-39)52-38-35(47)34(46)32(44)30(19-42)50-38/h10,21-23,25-39,42-48H,7-9,11-20H2,1-6H3/t22-,23-,25+,26+,27-,28+,29+,30-,31-,32-,33-,34+,35-,36-,37+,38-,39-,40+,41-/m1/s1. The molecule has 11 heteroatoms. The number of aliphatic hydroxyl groups excluding tert-OH is 7. The van der Waals surface area contributed by atoms with Gasteiger partial charge in [0, 0.05) is 0 Å². The van der Waals surface area contributed by atoms with Crippen molar-refractivity contribution < 1.29 is 54.7 Å². The lowest BCUT2D eigenvalue weighted by Crippen LogP contribution is -2.65. The van der Waals surface area contributed by atoms with Crippen LogP contribution in [0.2, 0.25) is 0 Å². The van der Waals surface area contributed by atoms with Crippen LogP contribution in [0, 0.1) is 52.3 Å². The van der Waals surface area contributed by atoms with E-state index in [-0.39, 0.29) is 11.5 Å². The van der Waals surface area contributed by atoms with E-state index in [9.17, 15) is 35.7 Å². The Labute approximate surface area is 311 Å². The van der Waals surface area contributed by atoms with Crippen LogP contribution < -0.4 is 0 Å². The fourth-order valence-electron chi connectivity index (χ4n) is 12.3. The van der Waals surface area contributed by atoms with Crippen LogP contribution in [0.25, 0.3) is 0 Å². The van der Waals surface area contributed by atoms with Gasteiger partial charge in [0.25, 0.3) is 0 Å². The summed E-state index contributed by atoms with van der Waals surface area (Å²) in [5, 5.41) is 72.9. The first kappa shape index (κ1) is 40.9. The Hall–Kier alpha value is -0.700. The lowest BCUT2D eigenvalue weighted by atomic mass is 9.47. The van der Waals surface area contributed by atoms with Gasteiger partial charge in [-0.25, -0.2) is 0 Å². The Balaban J connectivity index is 1.10. The number of allylic oxidation sites excluding steroid dienone is 1. The lowest BCUT2D eigenvalue weighted by Gasteiger charge is -2.58. The van der Waals surface area contributed by atoms with E-state index in [1.807, 2.05) is 0 Å². The third-order valence-corrected chi connectivity index (χ3v) is 15.6. The molecule has 6 aliphatic rings. The molecule has 4 aliphatic carbocycles. The second kappa shape index (κ2) is 16.4. The Bertz CT molecular complexity index is 1210. The highest BCUT2D eigenvalue weighted by molar-refractivity contribution is 5.25. The summed E-state index contributed by atoms with van der Waals surface area (Å²) in [5.41, 5.74) is 1.94. The third kappa shape index (κ3) is 7.44. The zero-order valence-corrected chi connectivity index (χ0v) is 32.4. The predicted molar refractivity (Wildman–Crippen MR) is 193 cm³/mol. The van der Waals surface area contributed by atoms with Crippen LogP contribution in [0.1, 0.15) is 112 Å². The maximum Gasteiger partial charge on any atom is 0.187 e. The summed E-state index contributed by atoms with van der Waals surface area (Å²) in [4.78, 5) is 0. The van der Waals surface area contributed by atoms with E-state index in [1.54, 1.807) is 0 Å². The number of hydrogen-bond acceptors (Lipinski definition) is 11. The van der Waals surface area contributed by atoms with Crippen molar-refractivity contribution in [3.8, 4) is 0 Å². The molecule has 0 bridgehead atoms. The fraction of sp³-hybridized carbons (Fsp3) is 0.951. The second-order valence-electron chi connectivity index (χ2n) is 18.5. The van der Waals surface area contributed by atoms with Gasteiger partial charge in [-0.2, -0.15) is 0 Å². The minimum atomic E-state index is -1.72. The predicted octanol–water partition coefficient (Wildman–Crippen LogP) is 3.67. The van der Waals surface area contributed by atoms with E-state index < -0.39 is 74.6 Å². The summed E-state index contributed by atoms with van der Waals surface area (Å²) in [6, 6.07) is 0. The van der Waals surface area contributed by atoms with Gasteiger partial charge < -0.3 is 54.7 Å². The molecular formula is C41H70O11. The smallest absolute Gasteiger partial charge is 0.187 e. The van der Waals surface area contributed by atoms with Gasteiger partial charge in [0.1, 0.15) is 48.8 Å². The van der Waals surface area contributed by atoms with E-state index >= 15 is 0 Å². The minimum Gasteiger partial charge on any atom is -0.394 e. The van der Waals surface area contributed by atoms with Gasteiger partial charge in [-0.05, 0) is 110 Å². The molecule has 0 aromatic rings. The molecular weight excluding hydrogens is 668 g/mol. The summed E-state index contributed by atoms with van der Waals surface area (Å²) in [6.45, 7) is 13.5. The highest BCUT2D eigenvalue weighted by atomic mass is 16.7. The Morgan fingerprint density at radius 2 is 1.44 bits per heavy atom. The van der Waals surface area contributed by atoms with E-state index in [0.29, 0.717) is 23.7 Å². The zero-order valence-electron chi connectivity index (χ0n) is 32.4. The molecule has 7 N–H and O–H groups in total. The topological polar surface area (TPSA) is 179 Å². The Kier molecular flexibility index (Phi) is 12.9. The van der Waals surface area contributed by atoms with Crippen molar-refractivity contribution in [2.75, 3.05) is 13.2 Å². The third-order valence-electron chi connectivity index (χ3n) is 15.6. The molecule has 6 rings (SSSR count). The van der Waals surface area contributed by atoms with E-state index in [4.69, 9.17) is 18.9 Å². The molecule has 11 nitrogen and oxygen atoms in total. The van der Waals surface area contributed by atoms with Crippen molar-refractivity contribution in [3.63, 3.8) is 0 Å². The van der Waals surface area contributed by atoms with Crippen molar-refractivity contribution in [2.45, 2.75) is 180 Å². The molecule has 52 heavy (non-hydrogen) atoms. The number of aliphatic hydroxyl groups is 7. The average molecular weight is 739 g/mol. The molecule has 2 saturated heterocycles. The lowest BCUT2D eigenvalue weighted by molar-refractivity contribution is -0.364. The van der Waals surface area contributed by atoms with E-state index in [1.165, 1.54) is 50.5 Å². The van der Waals surface area contributed by atoms with Crippen molar-refractivity contribution >= 4 is 0 Å². The summed E-state index contributed by atoms with van der Waals surface area (Å²) < 4.78 is 23.6. The van der Waals surface area contributed by atoms with Gasteiger partial charge in [-0.15, -0.1) is 0 Å². The molecule has 0 spiro atoms. The molecule has 0 aromatic heterocycles. The molecule has 0 radical (unpaired) electrons.